The topological polar surface area (TPSA) is 68.1 Å². The minimum atomic E-state index is -0.420. The SMILES string of the molecule is CSC(C)CNc1ccc([N+](=O)[O-])c(C)n1. The van der Waals surface area contributed by atoms with E-state index in [2.05, 4.69) is 17.2 Å². The molecule has 1 aromatic rings. The Morgan fingerprint density at radius 1 is 1.62 bits per heavy atom. The summed E-state index contributed by atoms with van der Waals surface area (Å²) in [5, 5.41) is 14.2. The van der Waals surface area contributed by atoms with Gasteiger partial charge in [0, 0.05) is 17.9 Å². The Kier molecular flexibility index (Phi) is 4.54. The van der Waals surface area contributed by atoms with Gasteiger partial charge in [0.15, 0.2) is 0 Å². The molecule has 16 heavy (non-hydrogen) atoms. The second kappa shape index (κ2) is 5.69. The Balaban J connectivity index is 2.70. The van der Waals surface area contributed by atoms with Crippen LogP contribution in [0.2, 0.25) is 0 Å². The van der Waals surface area contributed by atoms with Gasteiger partial charge in [-0.2, -0.15) is 11.8 Å². The van der Waals surface area contributed by atoms with Gasteiger partial charge in [0.25, 0.3) is 5.69 Å². The minimum absolute atomic E-state index is 0.0588. The molecule has 0 radical (unpaired) electrons. The predicted octanol–water partition coefficient (Wildman–Crippen LogP) is 2.46. The molecule has 0 aliphatic rings. The summed E-state index contributed by atoms with van der Waals surface area (Å²) in [4.78, 5) is 14.3. The van der Waals surface area contributed by atoms with Crippen molar-refractivity contribution in [1.29, 1.82) is 0 Å². The number of nitrogens with zero attached hydrogens (tertiary/aromatic N) is 2. The maximum atomic E-state index is 10.6. The zero-order valence-corrected chi connectivity index (χ0v) is 10.4. The fraction of sp³-hybridized carbons (Fsp3) is 0.500. The molecule has 1 N–H and O–H groups in total. The molecular weight excluding hydrogens is 226 g/mol. The number of nitro groups is 1. The summed E-state index contributed by atoms with van der Waals surface area (Å²) in [5.74, 6) is 0.684. The summed E-state index contributed by atoms with van der Waals surface area (Å²) in [6.45, 7) is 4.54. The van der Waals surface area contributed by atoms with Crippen LogP contribution in [0, 0.1) is 17.0 Å². The minimum Gasteiger partial charge on any atom is -0.369 e. The van der Waals surface area contributed by atoms with Crippen molar-refractivity contribution < 1.29 is 4.92 Å². The van der Waals surface area contributed by atoms with Gasteiger partial charge in [-0.15, -0.1) is 0 Å². The Morgan fingerprint density at radius 3 is 2.81 bits per heavy atom. The first kappa shape index (κ1) is 12.8. The summed E-state index contributed by atoms with van der Waals surface area (Å²) in [6.07, 6.45) is 2.04. The van der Waals surface area contributed by atoms with Crippen molar-refractivity contribution in [3.63, 3.8) is 0 Å². The van der Waals surface area contributed by atoms with E-state index in [-0.39, 0.29) is 5.69 Å². The number of aryl methyl sites for hydroxylation is 1. The van der Waals surface area contributed by atoms with Crippen LogP contribution in [0.15, 0.2) is 12.1 Å². The number of anilines is 1. The first-order valence-electron chi connectivity index (χ1n) is 4.93. The number of nitrogens with one attached hydrogen (secondary N) is 1. The molecule has 1 unspecified atom stereocenters. The van der Waals surface area contributed by atoms with Crippen molar-refractivity contribution in [2.45, 2.75) is 19.1 Å². The molecule has 88 valence electrons. The third-order valence-electron chi connectivity index (χ3n) is 2.23. The van der Waals surface area contributed by atoms with Crippen LogP contribution in [0.25, 0.3) is 0 Å². The molecular formula is C10H15N3O2S. The van der Waals surface area contributed by atoms with Crippen LogP contribution in [0.5, 0.6) is 0 Å². The molecule has 0 aliphatic carbocycles. The lowest BCUT2D eigenvalue weighted by atomic mass is 10.3. The van der Waals surface area contributed by atoms with Crippen molar-refractivity contribution >= 4 is 23.3 Å². The van der Waals surface area contributed by atoms with E-state index in [1.165, 1.54) is 6.07 Å². The molecule has 1 rings (SSSR count). The van der Waals surface area contributed by atoms with E-state index >= 15 is 0 Å². The van der Waals surface area contributed by atoms with E-state index in [1.54, 1.807) is 24.8 Å². The average molecular weight is 241 g/mol. The monoisotopic (exact) mass is 241 g/mol. The second-order valence-corrected chi connectivity index (χ2v) is 4.76. The van der Waals surface area contributed by atoms with Gasteiger partial charge in [0.05, 0.1) is 4.92 Å². The molecule has 0 aromatic carbocycles. The fourth-order valence-electron chi connectivity index (χ4n) is 1.18. The van der Waals surface area contributed by atoms with Crippen LogP contribution in [0.4, 0.5) is 11.5 Å². The quantitative estimate of drug-likeness (QED) is 0.633. The number of hydrogen-bond acceptors (Lipinski definition) is 5. The maximum absolute atomic E-state index is 10.6. The van der Waals surface area contributed by atoms with Crippen LogP contribution in [0.1, 0.15) is 12.6 Å². The Bertz CT molecular complexity index is 384. The second-order valence-electron chi connectivity index (χ2n) is 3.49. The largest absolute Gasteiger partial charge is 0.369 e. The highest BCUT2D eigenvalue weighted by Gasteiger charge is 2.11. The van der Waals surface area contributed by atoms with Gasteiger partial charge in [0.2, 0.25) is 0 Å². The van der Waals surface area contributed by atoms with Gasteiger partial charge >= 0.3 is 0 Å². The Labute approximate surface area is 98.8 Å². The molecule has 0 spiro atoms. The molecule has 1 aromatic heterocycles. The van der Waals surface area contributed by atoms with Crippen LogP contribution in [-0.2, 0) is 0 Å². The lowest BCUT2D eigenvalue weighted by molar-refractivity contribution is -0.385. The van der Waals surface area contributed by atoms with Gasteiger partial charge in [-0.05, 0) is 19.2 Å². The molecule has 5 nitrogen and oxygen atoms in total. The number of hydrogen-bond donors (Lipinski definition) is 1. The van der Waals surface area contributed by atoms with Crippen molar-refractivity contribution in [3.05, 3.63) is 27.9 Å². The number of rotatable bonds is 5. The average Bonchev–Trinajstić information content (AvgIpc) is 2.25. The molecule has 0 bridgehead atoms. The number of thioether (sulfide) groups is 1. The first-order chi connectivity index (χ1) is 7.54. The molecule has 1 heterocycles. The van der Waals surface area contributed by atoms with Crippen LogP contribution in [-0.4, -0.2) is 28.0 Å². The van der Waals surface area contributed by atoms with E-state index < -0.39 is 4.92 Å². The van der Waals surface area contributed by atoms with Crippen molar-refractivity contribution in [3.8, 4) is 0 Å². The fourth-order valence-corrected chi connectivity index (χ4v) is 1.43. The van der Waals surface area contributed by atoms with E-state index in [0.29, 0.717) is 16.8 Å². The Morgan fingerprint density at radius 2 is 2.31 bits per heavy atom. The zero-order chi connectivity index (χ0) is 12.1. The summed E-state index contributed by atoms with van der Waals surface area (Å²) >= 11 is 1.76. The van der Waals surface area contributed by atoms with Gasteiger partial charge in [0.1, 0.15) is 11.5 Å². The van der Waals surface area contributed by atoms with Crippen LogP contribution in [0.3, 0.4) is 0 Å². The van der Waals surface area contributed by atoms with Gasteiger partial charge in [-0.25, -0.2) is 4.98 Å². The van der Waals surface area contributed by atoms with E-state index in [9.17, 15) is 10.1 Å². The molecule has 6 heteroatoms. The van der Waals surface area contributed by atoms with Crippen LogP contribution >= 0.6 is 11.8 Å². The van der Waals surface area contributed by atoms with E-state index in [0.717, 1.165) is 6.54 Å². The summed E-state index contributed by atoms with van der Waals surface area (Å²) in [6, 6.07) is 3.12. The molecule has 0 fully saturated rings. The number of aromatic nitrogens is 1. The highest BCUT2D eigenvalue weighted by molar-refractivity contribution is 7.99. The predicted molar refractivity (Wildman–Crippen MR) is 67.1 cm³/mol. The lowest BCUT2D eigenvalue weighted by Gasteiger charge is -2.10. The maximum Gasteiger partial charge on any atom is 0.290 e. The van der Waals surface area contributed by atoms with E-state index in [4.69, 9.17) is 0 Å². The molecule has 0 amide bonds. The normalized spacial score (nSPS) is 12.2. The van der Waals surface area contributed by atoms with E-state index in [1.807, 2.05) is 6.26 Å². The highest BCUT2D eigenvalue weighted by atomic mass is 32.2. The zero-order valence-electron chi connectivity index (χ0n) is 9.56. The summed E-state index contributed by atoms with van der Waals surface area (Å²) in [5.41, 5.74) is 0.496. The summed E-state index contributed by atoms with van der Waals surface area (Å²) < 4.78 is 0. The number of pyridine rings is 1. The van der Waals surface area contributed by atoms with Gasteiger partial charge in [-0.3, -0.25) is 10.1 Å². The lowest BCUT2D eigenvalue weighted by Crippen LogP contribution is -2.13. The standard InChI is InChI=1S/C10H15N3O2S/c1-7(16-3)6-11-10-5-4-9(13(14)15)8(2)12-10/h4-5,7H,6H2,1-3H3,(H,11,12). The highest BCUT2D eigenvalue weighted by Crippen LogP contribution is 2.18. The van der Waals surface area contributed by atoms with Crippen LogP contribution < -0.4 is 5.32 Å². The van der Waals surface area contributed by atoms with Gasteiger partial charge < -0.3 is 5.32 Å². The smallest absolute Gasteiger partial charge is 0.290 e. The van der Waals surface area contributed by atoms with Gasteiger partial charge in [-0.1, -0.05) is 6.92 Å². The van der Waals surface area contributed by atoms with Crippen molar-refractivity contribution in [1.82, 2.24) is 4.98 Å². The molecule has 0 aliphatic heterocycles. The summed E-state index contributed by atoms with van der Waals surface area (Å²) in [7, 11) is 0. The molecule has 0 saturated heterocycles. The van der Waals surface area contributed by atoms with Crippen molar-refractivity contribution in [2.75, 3.05) is 18.1 Å². The molecule has 1 atom stereocenters. The Hall–Kier alpha value is -1.30. The first-order valence-corrected chi connectivity index (χ1v) is 6.22. The third kappa shape index (κ3) is 3.37. The molecule has 0 saturated carbocycles. The van der Waals surface area contributed by atoms with Crippen molar-refractivity contribution in [2.24, 2.45) is 0 Å². The third-order valence-corrected chi connectivity index (χ3v) is 3.20.